The van der Waals surface area contributed by atoms with Crippen molar-refractivity contribution in [1.29, 1.82) is 0 Å². The fraction of sp³-hybridized carbons (Fsp3) is 0.136. The maximum atomic E-state index is 14.5. The molecule has 684 valence electrons. The fourth-order valence-electron chi connectivity index (χ4n) is 11.8. The number of likely N-dealkylation sites (tertiary alicyclic amines) is 1. The fourth-order valence-corrected chi connectivity index (χ4v) is 18.1. The third kappa shape index (κ3) is 25.4. The Morgan fingerprint density at radius 3 is 0.900 bits per heavy atom. The van der Waals surface area contributed by atoms with Crippen molar-refractivity contribution in [3.63, 3.8) is 0 Å². The average Bonchev–Trinajstić information content (AvgIpc) is 0.788. The van der Waals surface area contributed by atoms with Crippen molar-refractivity contribution in [3.05, 3.63) is 307 Å². The van der Waals surface area contributed by atoms with E-state index >= 15 is 0 Å². The number of methoxy groups -OCH3 is 6. The first kappa shape index (κ1) is 101. The lowest BCUT2D eigenvalue weighted by Crippen LogP contribution is -2.42. The second-order valence-electron chi connectivity index (χ2n) is 27.0. The second kappa shape index (κ2) is 44.7. The highest BCUT2D eigenvalue weighted by molar-refractivity contribution is 8.13. The summed E-state index contributed by atoms with van der Waals surface area (Å²) in [6.45, 7) is 3.62. The molecule has 14 rings (SSSR count). The smallest absolute Gasteiger partial charge is 0.337 e. The predicted octanol–water partition coefficient (Wildman–Crippen LogP) is 19.9. The largest absolute Gasteiger partial charge is 0.494 e. The van der Waals surface area contributed by atoms with Gasteiger partial charge in [-0.3, -0.25) is 19.0 Å². The van der Waals surface area contributed by atoms with Gasteiger partial charge in [0.05, 0.1) is 102 Å². The van der Waals surface area contributed by atoms with Crippen molar-refractivity contribution in [3.8, 4) is 67.5 Å². The summed E-state index contributed by atoms with van der Waals surface area (Å²) in [7, 11) is -5.32. The Balaban J connectivity index is 0.000000186. The van der Waals surface area contributed by atoms with Gasteiger partial charge in [0.2, 0.25) is 0 Å². The Bertz CT molecular complexity index is 6720. The molecule has 2 aliphatic heterocycles. The number of carbonyl (C=O) groups is 4. The van der Waals surface area contributed by atoms with E-state index < -0.39 is 141 Å². The molecule has 0 saturated carbocycles. The van der Waals surface area contributed by atoms with Gasteiger partial charge in [0.25, 0.3) is 45.0 Å². The van der Waals surface area contributed by atoms with Crippen molar-refractivity contribution in [2.24, 2.45) is 0 Å². The number of amides is 1. The van der Waals surface area contributed by atoms with Crippen LogP contribution in [0.25, 0.3) is 44.5 Å². The van der Waals surface area contributed by atoms with Crippen LogP contribution in [0.2, 0.25) is 20.1 Å². The molecule has 0 atom stereocenters. The molecule has 2 aliphatic rings. The zero-order chi connectivity index (χ0) is 95.4. The molecular formula is C88H73Cl5F8N6O19S4. The number of ether oxygens (including phenoxy) is 6. The molecule has 0 aliphatic carbocycles. The van der Waals surface area contributed by atoms with Crippen LogP contribution < -0.4 is 44.2 Å². The zero-order valence-corrected chi connectivity index (χ0v) is 75.4. The molecule has 130 heavy (non-hydrogen) atoms. The lowest BCUT2D eigenvalue weighted by atomic mass is 10.0. The van der Waals surface area contributed by atoms with E-state index in [1.807, 2.05) is 10.8 Å². The van der Waals surface area contributed by atoms with Crippen molar-refractivity contribution < 1.29 is 122 Å². The minimum Gasteiger partial charge on any atom is -0.494 e. The molecule has 42 heteroatoms. The van der Waals surface area contributed by atoms with E-state index in [1.165, 1.54) is 65.1 Å². The third-order valence-corrected chi connectivity index (χ3v) is 25.1. The topological polar surface area (TPSA) is 358 Å². The number of hydrogen-bond donors (Lipinski definition) is 6. The van der Waals surface area contributed by atoms with Crippen molar-refractivity contribution in [1.82, 2.24) is 10.2 Å². The Morgan fingerprint density at radius 1 is 0.369 bits per heavy atom. The number of esters is 2. The highest BCUT2D eigenvalue weighted by Gasteiger charge is 2.33. The van der Waals surface area contributed by atoms with Gasteiger partial charge in [-0.15, -0.1) is 0 Å². The van der Waals surface area contributed by atoms with Gasteiger partial charge in [-0.25, -0.2) is 83.2 Å². The first-order valence-corrected chi connectivity index (χ1v) is 45.7. The number of rotatable bonds is 22. The number of benzene rings is 12. The molecule has 2 fully saturated rings. The van der Waals surface area contributed by atoms with Crippen molar-refractivity contribution in [2.45, 2.75) is 32.4 Å². The number of aromatic carboxylic acids is 1. The standard InChI is InChI=1S/C23H19ClF2N2O4S.C21H16ClF2NO5S.C20H14ClF2NO5S.C12H9F2N.C9H8Cl2O5S.C3H7N/c1-32-22-17(24)10-15(23(29)28-8-5-9-28)11-21(22)33(30,31)27-20-12-16(18(25)13-19(20)26)14-6-3-2-4-7-14;1-29-20-15(22)8-13(21(26)30-2)9-19(20)31(27,28)25-18-10-14(16(23)11-17(18)24)12-6-4-3-5-7-12;1-29-19-14(21)7-12(20(25)26)8-18(19)30(27,28)24-17-9-13(15(22)10-16(17)23)11-5-3-2-4-6-11;13-10-7-11(14)12(15)6-9(10)8-4-2-1-3-5-8;1-15-8-6(10)3-5(9(12)16-2)4-7(8)17(11,13)14;1-2-4-3-1/h2-4,6-7,10-13,27H,5,8-9H2,1H3;3-11,25H,1-2H3;2-10,24H,1H3,(H,25,26);1-7H,15H2;3-4H,1-2H3;4H,1-3H2. The van der Waals surface area contributed by atoms with Crippen LogP contribution in [0.3, 0.4) is 0 Å². The quantitative estimate of drug-likeness (QED) is 0.0159. The van der Waals surface area contributed by atoms with Gasteiger partial charge in [0.1, 0.15) is 66.1 Å². The number of hydrogen-bond acceptors (Lipinski definition) is 20. The first-order valence-electron chi connectivity index (χ1n) is 37.4. The predicted molar refractivity (Wildman–Crippen MR) is 477 cm³/mol. The summed E-state index contributed by atoms with van der Waals surface area (Å²) >= 11 is 24.0. The van der Waals surface area contributed by atoms with E-state index in [1.54, 1.807) is 120 Å². The second-order valence-corrected chi connectivity index (χ2v) is 36.1. The summed E-state index contributed by atoms with van der Waals surface area (Å²) in [6, 6.07) is 49.3. The normalized spacial score (nSPS) is 12.0. The van der Waals surface area contributed by atoms with Crippen molar-refractivity contribution >= 4 is 143 Å². The number of nitrogens with two attached hydrogens (primary N) is 1. The van der Waals surface area contributed by atoms with E-state index in [2.05, 4.69) is 24.2 Å². The van der Waals surface area contributed by atoms with Crippen LogP contribution in [0.1, 0.15) is 54.3 Å². The molecule has 12 aromatic carbocycles. The molecule has 0 aromatic heterocycles. The molecule has 2 saturated heterocycles. The lowest BCUT2D eigenvalue weighted by molar-refractivity contribution is 0.0591. The van der Waals surface area contributed by atoms with Crippen LogP contribution in [0.15, 0.2) is 238 Å². The number of carboxylic acid groups (broad SMARTS) is 1. The summed E-state index contributed by atoms with van der Waals surface area (Å²) in [5, 5.41) is 11.7. The number of carboxylic acids is 1. The first-order chi connectivity index (χ1) is 61.5. The highest BCUT2D eigenvalue weighted by Crippen LogP contribution is 2.42. The maximum absolute atomic E-state index is 14.5. The van der Waals surface area contributed by atoms with Crippen LogP contribution >= 0.6 is 57.1 Å². The van der Waals surface area contributed by atoms with E-state index in [4.69, 9.17) is 81.8 Å². The van der Waals surface area contributed by atoms with Gasteiger partial charge in [0, 0.05) is 75.9 Å². The lowest BCUT2D eigenvalue weighted by Gasteiger charge is -2.31. The van der Waals surface area contributed by atoms with Crippen LogP contribution in [-0.4, -0.2) is 136 Å². The summed E-state index contributed by atoms with van der Waals surface area (Å²) in [6.07, 6.45) is 2.25. The van der Waals surface area contributed by atoms with Gasteiger partial charge < -0.3 is 49.5 Å². The molecule has 7 N–H and O–H groups in total. The molecule has 0 unspecified atom stereocenters. The monoisotopic (exact) mass is 1970 g/mol. The third-order valence-electron chi connectivity index (χ3n) is 18.5. The molecule has 0 radical (unpaired) electrons. The summed E-state index contributed by atoms with van der Waals surface area (Å²) in [5.41, 5.74) is 5.56. The van der Waals surface area contributed by atoms with Crippen LogP contribution in [0.5, 0.6) is 23.0 Å². The number of anilines is 4. The molecule has 2 heterocycles. The van der Waals surface area contributed by atoms with E-state index in [0.717, 1.165) is 82.3 Å². The van der Waals surface area contributed by atoms with Crippen LogP contribution in [-0.2, 0) is 48.6 Å². The minimum absolute atomic E-state index is 0.00647. The number of sulfonamides is 3. The van der Waals surface area contributed by atoms with E-state index in [0.29, 0.717) is 59.1 Å². The van der Waals surface area contributed by atoms with Gasteiger partial charge in [0.15, 0.2) is 23.0 Å². The molecule has 25 nitrogen and oxygen atoms in total. The highest BCUT2D eigenvalue weighted by atomic mass is 35.7. The maximum Gasteiger partial charge on any atom is 0.337 e. The number of nitrogens with one attached hydrogen (secondary N) is 4. The van der Waals surface area contributed by atoms with Gasteiger partial charge >= 0.3 is 17.9 Å². The molecule has 0 bridgehead atoms. The summed E-state index contributed by atoms with van der Waals surface area (Å²) in [5.74, 6) is -11.6. The number of nitrogen functional groups attached to an aromatic ring is 1. The van der Waals surface area contributed by atoms with Gasteiger partial charge in [-0.05, 0) is 121 Å². The van der Waals surface area contributed by atoms with Crippen LogP contribution in [0, 0.1) is 46.5 Å². The number of carbonyl (C=O) groups excluding carboxylic acids is 3. The molecule has 12 aromatic rings. The SMILES string of the molecule is C1CNC1.COC(=O)c1cc(Cl)c(OC)c(S(=O)(=O)Cl)c1.COC(=O)c1cc(Cl)c(OC)c(S(=O)(=O)Nc2cc(-c3ccccc3)c(F)cc2F)c1.COc1c(Cl)cc(C(=O)N2CCC2)cc1S(=O)(=O)Nc1cc(-c2ccccc2)c(F)cc1F.COc1c(Cl)cc(C(=O)O)cc1S(=O)(=O)Nc1cc(-c2ccccc2)c(F)cc1F.Nc1cc(-c2ccccc2)c(F)cc1F. The number of halogens is 13. The summed E-state index contributed by atoms with van der Waals surface area (Å²) in [4.78, 5) is 46.6. The molecule has 0 spiro atoms. The minimum atomic E-state index is -4.55. The van der Waals surface area contributed by atoms with Gasteiger partial charge in [-0.2, -0.15) is 0 Å². The van der Waals surface area contributed by atoms with E-state index in [9.17, 15) is 93.1 Å². The average molecular weight is 1980 g/mol. The van der Waals surface area contributed by atoms with Crippen molar-refractivity contribution in [2.75, 3.05) is 88.7 Å². The van der Waals surface area contributed by atoms with Crippen LogP contribution in [0.4, 0.5) is 57.9 Å². The summed E-state index contributed by atoms with van der Waals surface area (Å²) < 4.78 is 249. The van der Waals surface area contributed by atoms with Gasteiger partial charge in [-0.1, -0.05) is 168 Å². The Labute approximate surface area is 765 Å². The van der Waals surface area contributed by atoms with E-state index in [-0.39, 0.29) is 93.0 Å². The Hall–Kier alpha value is -12.4. The Kier molecular flexibility index (Phi) is 34.9. The number of nitrogens with zero attached hydrogens (tertiary/aromatic N) is 1. The molecular weight excluding hydrogens is 1900 g/mol. The zero-order valence-electron chi connectivity index (χ0n) is 68.4. The molecule has 1 amide bonds. The Morgan fingerprint density at radius 2 is 0.631 bits per heavy atom.